The van der Waals surface area contributed by atoms with Gasteiger partial charge in [0, 0.05) is 8.79 Å². The van der Waals surface area contributed by atoms with Crippen LogP contribution in [-0.4, -0.2) is 30.5 Å². The zero-order valence-electron chi connectivity index (χ0n) is 9.72. The molecule has 2 rings (SSSR count). The van der Waals surface area contributed by atoms with Crippen LogP contribution >= 0.6 is 22.6 Å². The van der Waals surface area contributed by atoms with Crippen molar-refractivity contribution in [3.8, 4) is 0 Å². The van der Waals surface area contributed by atoms with Gasteiger partial charge in [-0.2, -0.15) is 0 Å². The first kappa shape index (κ1) is 14.6. The average Bonchev–Trinajstić information content (AvgIpc) is 2.36. The highest BCUT2D eigenvalue weighted by atomic mass is 127. The predicted molar refractivity (Wildman–Crippen MR) is 73.5 cm³/mol. The molecule has 0 fully saturated rings. The van der Waals surface area contributed by atoms with Crippen LogP contribution in [0.1, 0.15) is 6.92 Å². The summed E-state index contributed by atoms with van der Waals surface area (Å²) in [5.74, 6) is -0.474. The molecule has 96 valence electrons. The number of nitrogens with zero attached hydrogens (tertiary/aromatic N) is 1. The van der Waals surface area contributed by atoms with Crippen molar-refractivity contribution in [1.29, 1.82) is 0 Å². The summed E-state index contributed by atoms with van der Waals surface area (Å²) in [6, 6.07) is 5.46. The lowest BCUT2D eigenvalue weighted by molar-refractivity contribution is -0.128. The maximum Gasteiger partial charge on any atom is 0.293 e. The number of aliphatic hydroxyl groups is 1. The number of Topliss-reactive ketones (excluding diaryl/α,β-unsaturated/α-hetero) is 1. The second-order valence-corrected chi connectivity index (χ2v) is 4.55. The molecule has 5 nitrogen and oxygen atoms in total. The van der Waals surface area contributed by atoms with E-state index in [0.29, 0.717) is 23.7 Å². The zero-order valence-corrected chi connectivity index (χ0v) is 11.9. The van der Waals surface area contributed by atoms with Gasteiger partial charge in [-0.25, -0.2) is 0 Å². The smallest absolute Gasteiger partial charge is 0.293 e. The number of ether oxygens (including phenoxy) is 1. The highest BCUT2D eigenvalue weighted by Gasteiger charge is 2.12. The van der Waals surface area contributed by atoms with Crippen LogP contribution in [0.2, 0.25) is 0 Å². The van der Waals surface area contributed by atoms with Crippen LogP contribution in [0.5, 0.6) is 0 Å². The fraction of sp³-hybridized carbons (Fsp3) is 0.250. The summed E-state index contributed by atoms with van der Waals surface area (Å²) in [4.78, 5) is 24.3. The molecule has 0 aromatic heterocycles. The van der Waals surface area contributed by atoms with E-state index in [2.05, 4.69) is 32.3 Å². The number of halogens is 1. The van der Waals surface area contributed by atoms with Crippen molar-refractivity contribution in [3.05, 3.63) is 32.3 Å². The Kier molecular flexibility index (Phi) is 5.76. The van der Waals surface area contributed by atoms with Crippen molar-refractivity contribution in [2.45, 2.75) is 6.92 Å². The van der Waals surface area contributed by atoms with Crippen molar-refractivity contribution in [2.75, 3.05) is 13.2 Å². The second kappa shape index (κ2) is 7.10. The summed E-state index contributed by atoms with van der Waals surface area (Å²) >= 11 is 2.13. The van der Waals surface area contributed by atoms with Gasteiger partial charge in [0.2, 0.25) is 5.78 Å². The maximum atomic E-state index is 11.1. The van der Waals surface area contributed by atoms with Gasteiger partial charge in [-0.1, -0.05) is 0 Å². The summed E-state index contributed by atoms with van der Waals surface area (Å²) in [5.41, 5.74) is 0. The molecule has 0 radical (unpaired) electrons. The number of aliphatic hydroxyl groups excluding tert-OH is 1. The standard InChI is InChI=1S/C9H6INO2.C3H6O2/c10-5-1-2-7-6(3-5)9(13)8(12)4-11-7;1-2-5-3-4/h1-3,13H,4H2;3H,2H2,1H3. The number of ketones is 1. The van der Waals surface area contributed by atoms with E-state index in [9.17, 15) is 14.7 Å². The number of rotatable bonds is 2. The van der Waals surface area contributed by atoms with E-state index in [0.717, 1.165) is 3.57 Å². The van der Waals surface area contributed by atoms with Crippen LogP contribution in [0.15, 0.2) is 23.2 Å². The Morgan fingerprint density at radius 1 is 1.56 bits per heavy atom. The fourth-order valence-corrected chi connectivity index (χ4v) is 1.78. The molecule has 1 heterocycles. The van der Waals surface area contributed by atoms with Gasteiger partial charge in [0.15, 0.2) is 5.76 Å². The van der Waals surface area contributed by atoms with Crippen molar-refractivity contribution in [3.63, 3.8) is 0 Å². The summed E-state index contributed by atoms with van der Waals surface area (Å²) < 4.78 is 5.13. The molecule has 0 atom stereocenters. The summed E-state index contributed by atoms with van der Waals surface area (Å²) in [7, 11) is 0. The van der Waals surface area contributed by atoms with E-state index in [-0.39, 0.29) is 18.1 Å². The highest BCUT2D eigenvalue weighted by Crippen LogP contribution is 1.99. The Balaban J connectivity index is 0.000000280. The Morgan fingerprint density at radius 2 is 2.28 bits per heavy atom. The molecule has 0 amide bonds. The molecular formula is C12H12INO4. The summed E-state index contributed by atoms with van der Waals surface area (Å²) in [5, 5.41) is 10.7. The molecule has 0 unspecified atom stereocenters. The Morgan fingerprint density at radius 3 is 2.83 bits per heavy atom. The number of carbonyl (C=O) groups is 2. The maximum absolute atomic E-state index is 11.1. The lowest BCUT2D eigenvalue weighted by atomic mass is 10.2. The van der Waals surface area contributed by atoms with Gasteiger partial charge >= 0.3 is 0 Å². The number of fused-ring (bicyclic) bond motifs is 1. The van der Waals surface area contributed by atoms with E-state index >= 15 is 0 Å². The number of hydrogen-bond acceptors (Lipinski definition) is 5. The van der Waals surface area contributed by atoms with Crippen molar-refractivity contribution < 1.29 is 19.4 Å². The Bertz CT molecular complexity index is 568. The highest BCUT2D eigenvalue weighted by molar-refractivity contribution is 14.1. The Hall–Kier alpha value is -1.44. The molecule has 0 saturated carbocycles. The molecule has 0 spiro atoms. The molecule has 0 aliphatic carbocycles. The third-order valence-corrected chi connectivity index (χ3v) is 2.78. The van der Waals surface area contributed by atoms with E-state index in [1.165, 1.54) is 0 Å². The molecular weight excluding hydrogens is 349 g/mol. The number of carbonyl (C=O) groups excluding carboxylic acids is 2. The Labute approximate surface area is 117 Å². The van der Waals surface area contributed by atoms with Gasteiger partial charge in [-0.15, -0.1) is 0 Å². The SMILES string of the molecule is CCOC=O.O=C1CN=c2ccc(I)cc2=C1O. The molecule has 1 aliphatic heterocycles. The van der Waals surface area contributed by atoms with Gasteiger partial charge in [0.05, 0.1) is 12.0 Å². The third-order valence-electron chi connectivity index (χ3n) is 2.11. The minimum atomic E-state index is -0.311. The van der Waals surface area contributed by atoms with Gasteiger partial charge < -0.3 is 9.84 Å². The molecule has 6 heteroatoms. The first-order valence-electron chi connectivity index (χ1n) is 5.22. The predicted octanol–water partition coefficient (Wildman–Crippen LogP) is 0.339. The normalized spacial score (nSPS) is 12.8. The lowest BCUT2D eigenvalue weighted by Crippen LogP contribution is -2.35. The lowest BCUT2D eigenvalue weighted by Gasteiger charge is -2.03. The number of benzene rings is 1. The summed E-state index contributed by atoms with van der Waals surface area (Å²) in [6.45, 7) is 2.72. The van der Waals surface area contributed by atoms with Gasteiger partial charge in [0.25, 0.3) is 6.47 Å². The first-order valence-corrected chi connectivity index (χ1v) is 6.29. The van der Waals surface area contributed by atoms with Crippen LogP contribution in [0.25, 0.3) is 5.76 Å². The molecule has 1 N–H and O–H groups in total. The van der Waals surface area contributed by atoms with E-state index in [1.807, 2.05) is 6.07 Å². The molecule has 1 aromatic rings. The molecule has 0 bridgehead atoms. The van der Waals surface area contributed by atoms with Crippen molar-refractivity contribution >= 4 is 40.6 Å². The molecule has 1 aliphatic rings. The van der Waals surface area contributed by atoms with Crippen LogP contribution in [0.4, 0.5) is 0 Å². The van der Waals surface area contributed by atoms with E-state index < -0.39 is 0 Å². The third kappa shape index (κ3) is 3.80. The largest absolute Gasteiger partial charge is 0.504 e. The van der Waals surface area contributed by atoms with Crippen LogP contribution in [-0.2, 0) is 14.3 Å². The van der Waals surface area contributed by atoms with Crippen LogP contribution in [0.3, 0.4) is 0 Å². The molecule has 0 saturated heterocycles. The van der Waals surface area contributed by atoms with Crippen molar-refractivity contribution in [2.24, 2.45) is 4.99 Å². The van der Waals surface area contributed by atoms with Crippen LogP contribution in [0, 0.1) is 3.57 Å². The van der Waals surface area contributed by atoms with Crippen LogP contribution < -0.4 is 10.6 Å². The van der Waals surface area contributed by atoms with Gasteiger partial charge in [-0.3, -0.25) is 14.6 Å². The van der Waals surface area contributed by atoms with E-state index in [4.69, 9.17) is 0 Å². The topological polar surface area (TPSA) is 76.0 Å². The van der Waals surface area contributed by atoms with Gasteiger partial charge in [0.1, 0.15) is 6.54 Å². The minimum absolute atomic E-state index is 0.0550. The monoisotopic (exact) mass is 361 g/mol. The quantitative estimate of drug-likeness (QED) is 0.609. The first-order chi connectivity index (χ1) is 8.60. The van der Waals surface area contributed by atoms with Gasteiger partial charge in [-0.05, 0) is 47.7 Å². The minimum Gasteiger partial charge on any atom is -0.504 e. The van der Waals surface area contributed by atoms with E-state index in [1.54, 1.807) is 19.1 Å². The fourth-order valence-electron chi connectivity index (χ4n) is 1.29. The average molecular weight is 361 g/mol. The van der Waals surface area contributed by atoms with Crippen molar-refractivity contribution in [1.82, 2.24) is 0 Å². The number of hydrogen-bond donors (Lipinski definition) is 1. The molecule has 1 aromatic carbocycles. The summed E-state index contributed by atoms with van der Waals surface area (Å²) in [6.07, 6.45) is 0. The second-order valence-electron chi connectivity index (χ2n) is 3.30. The zero-order chi connectivity index (χ0) is 13.5. The molecule has 18 heavy (non-hydrogen) atoms.